The first kappa shape index (κ1) is 16.4. The average Bonchev–Trinajstić information content (AvgIpc) is 2.66. The molecule has 0 bridgehead atoms. The summed E-state index contributed by atoms with van der Waals surface area (Å²) in [7, 11) is 0. The number of nitrogens with zero attached hydrogens (tertiary/aromatic N) is 3. The third-order valence-corrected chi connectivity index (χ3v) is 4.41. The minimum atomic E-state index is -0.522. The first-order valence-electron chi connectivity index (χ1n) is 7.85. The van der Waals surface area contributed by atoms with Gasteiger partial charge >= 0.3 is 0 Å². The zero-order valence-corrected chi connectivity index (χ0v) is 14.2. The fraction of sp³-hybridized carbons (Fsp3) is 0.0526. The molecule has 128 valence electrons. The topological polar surface area (TPSA) is 67.8 Å². The Balaban J connectivity index is 1.60. The third kappa shape index (κ3) is 3.07. The van der Waals surface area contributed by atoms with Crippen molar-refractivity contribution in [1.82, 2.24) is 20.7 Å². The van der Waals surface area contributed by atoms with E-state index in [4.69, 9.17) is 11.6 Å². The molecule has 3 aromatic carbocycles. The summed E-state index contributed by atoms with van der Waals surface area (Å²) >= 11 is 5.76. The van der Waals surface area contributed by atoms with Crippen LogP contribution in [0.5, 0.6) is 0 Å². The molecule has 1 heterocycles. The van der Waals surface area contributed by atoms with Crippen LogP contribution >= 0.6 is 11.6 Å². The van der Waals surface area contributed by atoms with E-state index < -0.39 is 5.82 Å². The van der Waals surface area contributed by atoms with Crippen LogP contribution in [0, 0.1) is 5.82 Å². The number of amides is 1. The van der Waals surface area contributed by atoms with E-state index in [1.54, 1.807) is 30.5 Å². The number of hydrogen-bond donors (Lipinski definition) is 1. The minimum absolute atomic E-state index is 0.0323. The second-order valence-electron chi connectivity index (χ2n) is 5.80. The van der Waals surface area contributed by atoms with E-state index in [2.05, 4.69) is 20.7 Å². The van der Waals surface area contributed by atoms with Crippen LogP contribution in [-0.4, -0.2) is 21.3 Å². The number of benzene rings is 3. The van der Waals surface area contributed by atoms with Gasteiger partial charge in [0.15, 0.2) is 0 Å². The molecule has 0 saturated heterocycles. The van der Waals surface area contributed by atoms with E-state index in [-0.39, 0.29) is 17.5 Å². The molecule has 0 radical (unpaired) electrons. The molecule has 1 N–H and O–H groups in total. The van der Waals surface area contributed by atoms with Crippen molar-refractivity contribution < 1.29 is 9.18 Å². The lowest BCUT2D eigenvalue weighted by Gasteiger charge is -2.08. The van der Waals surface area contributed by atoms with Crippen molar-refractivity contribution >= 4 is 39.2 Å². The summed E-state index contributed by atoms with van der Waals surface area (Å²) in [5, 5.41) is 16.8. The van der Waals surface area contributed by atoms with Crippen LogP contribution in [0.15, 0.2) is 54.7 Å². The van der Waals surface area contributed by atoms with E-state index in [0.29, 0.717) is 16.6 Å². The summed E-state index contributed by atoms with van der Waals surface area (Å²) in [6.07, 6.45) is 1.64. The molecule has 4 aromatic rings. The zero-order chi connectivity index (χ0) is 18.1. The van der Waals surface area contributed by atoms with Crippen molar-refractivity contribution in [3.05, 3.63) is 76.7 Å². The summed E-state index contributed by atoms with van der Waals surface area (Å²) in [6, 6.07) is 13.8. The van der Waals surface area contributed by atoms with Gasteiger partial charge in [-0.05, 0) is 46.3 Å². The molecule has 1 amide bonds. The van der Waals surface area contributed by atoms with Gasteiger partial charge in [-0.25, -0.2) is 4.39 Å². The molecule has 0 atom stereocenters. The Morgan fingerprint density at radius 1 is 1.08 bits per heavy atom. The number of carbonyl (C=O) groups excluding carboxylic acids is 1. The molecule has 0 aliphatic rings. The normalized spacial score (nSPS) is 11.0. The Labute approximate surface area is 152 Å². The highest BCUT2D eigenvalue weighted by Crippen LogP contribution is 2.22. The second kappa shape index (κ2) is 6.65. The number of aromatic nitrogens is 3. The number of nitrogens with one attached hydrogen (secondary N) is 1. The largest absolute Gasteiger partial charge is 0.348 e. The molecular weight excluding hydrogens is 355 g/mol. The van der Waals surface area contributed by atoms with Gasteiger partial charge in [0.1, 0.15) is 5.82 Å². The first-order chi connectivity index (χ1) is 12.6. The molecule has 0 spiro atoms. The van der Waals surface area contributed by atoms with Crippen LogP contribution in [0.25, 0.3) is 21.7 Å². The van der Waals surface area contributed by atoms with Crippen LogP contribution in [0.1, 0.15) is 15.9 Å². The maximum atomic E-state index is 13.9. The molecular formula is C19H12ClFN4O. The smallest absolute Gasteiger partial charge is 0.251 e. The van der Waals surface area contributed by atoms with Crippen molar-refractivity contribution in [1.29, 1.82) is 0 Å². The van der Waals surface area contributed by atoms with Gasteiger partial charge in [0.05, 0.1) is 16.7 Å². The molecule has 5 nitrogen and oxygen atoms in total. The number of hydrogen-bond acceptors (Lipinski definition) is 4. The number of rotatable bonds is 3. The molecule has 0 unspecified atom stereocenters. The number of halogens is 2. The van der Waals surface area contributed by atoms with Crippen molar-refractivity contribution in [3.63, 3.8) is 0 Å². The van der Waals surface area contributed by atoms with Gasteiger partial charge in [0.2, 0.25) is 0 Å². The van der Waals surface area contributed by atoms with E-state index in [9.17, 15) is 9.18 Å². The Bertz CT molecular complexity index is 1150. The van der Waals surface area contributed by atoms with E-state index in [1.165, 1.54) is 6.07 Å². The predicted molar refractivity (Wildman–Crippen MR) is 97.4 cm³/mol. The summed E-state index contributed by atoms with van der Waals surface area (Å²) in [4.78, 5) is 12.4. The molecule has 1 aromatic heterocycles. The van der Waals surface area contributed by atoms with Crippen LogP contribution in [0.3, 0.4) is 0 Å². The summed E-state index contributed by atoms with van der Waals surface area (Å²) < 4.78 is 13.9. The van der Waals surface area contributed by atoms with Crippen LogP contribution < -0.4 is 5.32 Å². The molecule has 7 heteroatoms. The van der Waals surface area contributed by atoms with Crippen molar-refractivity contribution in [3.8, 4) is 0 Å². The third-order valence-electron chi connectivity index (χ3n) is 4.12. The Morgan fingerprint density at radius 3 is 2.85 bits per heavy atom. The quantitative estimate of drug-likeness (QED) is 0.558. The second-order valence-corrected chi connectivity index (χ2v) is 6.21. The van der Waals surface area contributed by atoms with Gasteiger partial charge in [-0.3, -0.25) is 4.79 Å². The highest BCUT2D eigenvalue weighted by molar-refractivity contribution is 6.30. The fourth-order valence-electron chi connectivity index (χ4n) is 2.76. The van der Waals surface area contributed by atoms with E-state index >= 15 is 0 Å². The molecule has 0 aliphatic carbocycles. The van der Waals surface area contributed by atoms with Crippen LogP contribution in [-0.2, 0) is 6.54 Å². The van der Waals surface area contributed by atoms with Crippen LogP contribution in [0.4, 0.5) is 4.39 Å². The van der Waals surface area contributed by atoms with Crippen molar-refractivity contribution in [2.75, 3.05) is 0 Å². The van der Waals surface area contributed by atoms with Crippen molar-refractivity contribution in [2.24, 2.45) is 0 Å². The Morgan fingerprint density at radius 2 is 1.96 bits per heavy atom. The molecule has 0 saturated carbocycles. The summed E-state index contributed by atoms with van der Waals surface area (Å²) in [6.45, 7) is 0.0537. The lowest BCUT2D eigenvalue weighted by atomic mass is 10.0. The van der Waals surface area contributed by atoms with Crippen LogP contribution in [0.2, 0.25) is 5.02 Å². The lowest BCUT2D eigenvalue weighted by molar-refractivity contribution is 0.0950. The lowest BCUT2D eigenvalue weighted by Crippen LogP contribution is -2.23. The summed E-state index contributed by atoms with van der Waals surface area (Å²) in [5.41, 5.74) is 1.51. The first-order valence-corrected chi connectivity index (χ1v) is 8.22. The zero-order valence-electron chi connectivity index (χ0n) is 13.4. The maximum Gasteiger partial charge on any atom is 0.251 e. The predicted octanol–water partition coefficient (Wildman–Crippen LogP) is 3.90. The highest BCUT2D eigenvalue weighted by atomic mass is 35.5. The molecule has 4 rings (SSSR count). The number of carbonyl (C=O) groups is 1. The van der Waals surface area contributed by atoms with E-state index in [0.717, 1.165) is 16.2 Å². The maximum absolute atomic E-state index is 13.9. The molecule has 26 heavy (non-hydrogen) atoms. The molecule has 0 fully saturated rings. The highest BCUT2D eigenvalue weighted by Gasteiger charge is 2.10. The standard InChI is InChI=1S/C19H12ClFN4O/c20-16-3-1-2-13(18(16)21)9-22-19(26)12-5-4-11-6-15-10-23-25-24-17(15)8-14(11)7-12/h1-8,10H,9H2,(H,22,26). The van der Waals surface area contributed by atoms with Gasteiger partial charge in [0, 0.05) is 23.1 Å². The van der Waals surface area contributed by atoms with Gasteiger partial charge in [0.25, 0.3) is 5.91 Å². The Hall–Kier alpha value is -3.12. The van der Waals surface area contributed by atoms with Gasteiger partial charge in [-0.2, -0.15) is 0 Å². The van der Waals surface area contributed by atoms with Crippen molar-refractivity contribution in [2.45, 2.75) is 6.54 Å². The van der Waals surface area contributed by atoms with Gasteiger partial charge in [-0.1, -0.05) is 29.8 Å². The SMILES string of the molecule is O=C(NCc1cccc(Cl)c1F)c1ccc2cc3cnnnc3cc2c1. The van der Waals surface area contributed by atoms with E-state index in [1.807, 2.05) is 18.2 Å². The summed E-state index contributed by atoms with van der Waals surface area (Å²) in [5.74, 6) is -0.821. The Kier molecular flexibility index (Phi) is 4.18. The molecule has 0 aliphatic heterocycles. The average molecular weight is 367 g/mol. The van der Waals surface area contributed by atoms with Gasteiger partial charge < -0.3 is 5.32 Å². The van der Waals surface area contributed by atoms with Gasteiger partial charge in [-0.15, -0.1) is 10.2 Å². The minimum Gasteiger partial charge on any atom is -0.348 e. The number of fused-ring (bicyclic) bond motifs is 2. The monoisotopic (exact) mass is 366 g/mol. The fourth-order valence-corrected chi connectivity index (χ4v) is 2.95.